The van der Waals surface area contributed by atoms with E-state index >= 15 is 0 Å². The highest BCUT2D eigenvalue weighted by Crippen LogP contribution is 2.27. The molecule has 1 heterocycles. The lowest BCUT2D eigenvalue weighted by Crippen LogP contribution is -2.12. The smallest absolute Gasteiger partial charge is 0.342 e. The number of aromatic nitrogens is 1. The molecule has 0 amide bonds. The first-order valence-electron chi connectivity index (χ1n) is 3.79. The lowest BCUT2D eigenvalue weighted by atomic mass is 10.1. The quantitative estimate of drug-likeness (QED) is 0.512. The Morgan fingerprint density at radius 2 is 2.27 bits per heavy atom. The molecular formula is C8H7F2IN2O2. The molecule has 0 aromatic carbocycles. The van der Waals surface area contributed by atoms with Crippen molar-refractivity contribution in [3.63, 3.8) is 0 Å². The number of halogens is 3. The van der Waals surface area contributed by atoms with Crippen molar-refractivity contribution in [2.45, 2.75) is 6.43 Å². The second-order valence-electron chi connectivity index (χ2n) is 2.59. The SMILES string of the molecule is COC(=O)c1c(C(F)F)cc(I)nc1N. The maximum atomic E-state index is 12.6. The van der Waals surface area contributed by atoms with E-state index in [1.165, 1.54) is 0 Å². The number of ether oxygens (including phenoxy) is 1. The summed E-state index contributed by atoms with van der Waals surface area (Å²) in [6.45, 7) is 0. The molecule has 0 radical (unpaired) electrons. The van der Waals surface area contributed by atoms with Gasteiger partial charge in [0.05, 0.1) is 7.11 Å². The van der Waals surface area contributed by atoms with Crippen LogP contribution in [0.5, 0.6) is 0 Å². The van der Waals surface area contributed by atoms with Gasteiger partial charge in [-0.25, -0.2) is 18.6 Å². The number of esters is 1. The van der Waals surface area contributed by atoms with Crippen LogP contribution in [0.25, 0.3) is 0 Å². The highest BCUT2D eigenvalue weighted by Gasteiger charge is 2.23. The maximum Gasteiger partial charge on any atom is 0.342 e. The van der Waals surface area contributed by atoms with Gasteiger partial charge in [-0.3, -0.25) is 0 Å². The third kappa shape index (κ3) is 2.52. The predicted octanol–water partition coefficient (Wildman–Crippen LogP) is 1.99. The summed E-state index contributed by atoms with van der Waals surface area (Å²) in [7, 11) is 1.09. The zero-order chi connectivity index (χ0) is 11.6. The maximum absolute atomic E-state index is 12.6. The van der Waals surface area contributed by atoms with Crippen LogP contribution in [-0.2, 0) is 4.74 Å². The van der Waals surface area contributed by atoms with Crippen LogP contribution in [0.15, 0.2) is 6.07 Å². The molecule has 0 unspecified atom stereocenters. The number of carbonyl (C=O) groups is 1. The number of rotatable bonds is 2. The highest BCUT2D eigenvalue weighted by atomic mass is 127. The van der Waals surface area contributed by atoms with Crippen molar-refractivity contribution >= 4 is 34.4 Å². The topological polar surface area (TPSA) is 65.2 Å². The van der Waals surface area contributed by atoms with E-state index in [-0.39, 0.29) is 11.4 Å². The summed E-state index contributed by atoms with van der Waals surface area (Å²) < 4.78 is 29.8. The number of hydrogen-bond acceptors (Lipinski definition) is 4. The van der Waals surface area contributed by atoms with Gasteiger partial charge in [0.2, 0.25) is 0 Å². The van der Waals surface area contributed by atoms with Crippen LogP contribution >= 0.6 is 22.6 Å². The van der Waals surface area contributed by atoms with Gasteiger partial charge in [-0.2, -0.15) is 0 Å². The Morgan fingerprint density at radius 1 is 1.67 bits per heavy atom. The molecule has 82 valence electrons. The van der Waals surface area contributed by atoms with E-state index in [1.807, 2.05) is 0 Å². The largest absolute Gasteiger partial charge is 0.465 e. The summed E-state index contributed by atoms with van der Waals surface area (Å²) in [6.07, 6.45) is -2.79. The van der Waals surface area contributed by atoms with E-state index in [1.54, 1.807) is 22.6 Å². The Labute approximate surface area is 98.0 Å². The van der Waals surface area contributed by atoms with Gasteiger partial charge in [-0.05, 0) is 28.7 Å². The minimum atomic E-state index is -2.79. The molecule has 0 saturated heterocycles. The van der Waals surface area contributed by atoms with Crippen LogP contribution in [0.4, 0.5) is 14.6 Å². The third-order valence-corrected chi connectivity index (χ3v) is 2.22. The van der Waals surface area contributed by atoms with Crippen LogP contribution in [-0.4, -0.2) is 18.1 Å². The summed E-state index contributed by atoms with van der Waals surface area (Å²) >= 11 is 1.74. The minimum absolute atomic E-state index is 0.246. The molecule has 1 rings (SSSR count). The number of nitrogens with two attached hydrogens (primary N) is 1. The fourth-order valence-electron chi connectivity index (χ4n) is 1.05. The molecular weight excluding hydrogens is 321 g/mol. The van der Waals surface area contributed by atoms with Crippen LogP contribution in [0.3, 0.4) is 0 Å². The molecule has 1 aromatic heterocycles. The van der Waals surface area contributed by atoms with E-state index in [0.29, 0.717) is 3.70 Å². The van der Waals surface area contributed by atoms with Gasteiger partial charge in [-0.1, -0.05) is 0 Å². The number of nitrogens with zero attached hydrogens (tertiary/aromatic N) is 1. The van der Waals surface area contributed by atoms with Gasteiger partial charge in [0.15, 0.2) is 0 Å². The van der Waals surface area contributed by atoms with E-state index in [0.717, 1.165) is 13.2 Å². The number of anilines is 1. The van der Waals surface area contributed by atoms with Gasteiger partial charge < -0.3 is 10.5 Å². The third-order valence-electron chi connectivity index (χ3n) is 1.67. The number of alkyl halides is 2. The van der Waals surface area contributed by atoms with Crippen molar-refractivity contribution in [1.82, 2.24) is 4.98 Å². The Morgan fingerprint density at radius 3 is 2.73 bits per heavy atom. The molecule has 0 aliphatic heterocycles. The van der Waals surface area contributed by atoms with Gasteiger partial charge in [0.25, 0.3) is 6.43 Å². The molecule has 0 aliphatic rings. The summed E-state index contributed by atoms with van der Waals surface area (Å²) in [5.41, 5.74) is 4.56. The van der Waals surface area contributed by atoms with Crippen molar-refractivity contribution in [2.75, 3.05) is 12.8 Å². The first kappa shape index (κ1) is 12.1. The first-order chi connectivity index (χ1) is 6.97. The second-order valence-corrected chi connectivity index (χ2v) is 3.69. The fourth-order valence-corrected chi connectivity index (χ4v) is 1.64. The van der Waals surface area contributed by atoms with E-state index < -0.39 is 18.0 Å². The van der Waals surface area contributed by atoms with Crippen LogP contribution in [0.1, 0.15) is 22.3 Å². The Bertz CT molecular complexity index is 398. The average molecular weight is 328 g/mol. The second kappa shape index (κ2) is 4.69. The molecule has 0 atom stereocenters. The van der Waals surface area contributed by atoms with E-state index in [4.69, 9.17) is 5.73 Å². The minimum Gasteiger partial charge on any atom is -0.465 e. The lowest BCUT2D eigenvalue weighted by Gasteiger charge is -2.09. The monoisotopic (exact) mass is 328 g/mol. The van der Waals surface area contributed by atoms with Gasteiger partial charge in [0.1, 0.15) is 15.1 Å². The lowest BCUT2D eigenvalue weighted by molar-refractivity contribution is 0.0590. The molecule has 0 aliphatic carbocycles. The normalized spacial score (nSPS) is 10.5. The zero-order valence-corrected chi connectivity index (χ0v) is 9.79. The van der Waals surface area contributed by atoms with Crippen LogP contribution in [0, 0.1) is 3.70 Å². The van der Waals surface area contributed by atoms with E-state index in [9.17, 15) is 13.6 Å². The number of nitrogen functional groups attached to an aromatic ring is 1. The average Bonchev–Trinajstić information content (AvgIpc) is 2.15. The Kier molecular flexibility index (Phi) is 3.77. The van der Waals surface area contributed by atoms with Crippen molar-refractivity contribution in [3.8, 4) is 0 Å². The number of hydrogen-bond donors (Lipinski definition) is 1. The summed E-state index contributed by atoms with van der Waals surface area (Å²) in [6, 6.07) is 1.10. The number of pyridine rings is 1. The highest BCUT2D eigenvalue weighted by molar-refractivity contribution is 14.1. The van der Waals surface area contributed by atoms with Crippen molar-refractivity contribution < 1.29 is 18.3 Å². The van der Waals surface area contributed by atoms with Gasteiger partial charge in [0, 0.05) is 5.56 Å². The van der Waals surface area contributed by atoms with E-state index in [2.05, 4.69) is 9.72 Å². The molecule has 2 N–H and O–H groups in total. The molecule has 0 fully saturated rings. The van der Waals surface area contributed by atoms with Gasteiger partial charge >= 0.3 is 5.97 Å². The van der Waals surface area contributed by atoms with Crippen molar-refractivity contribution in [2.24, 2.45) is 0 Å². The number of carbonyl (C=O) groups excluding carboxylic acids is 1. The number of methoxy groups -OCH3 is 1. The molecule has 7 heteroatoms. The molecule has 4 nitrogen and oxygen atoms in total. The zero-order valence-electron chi connectivity index (χ0n) is 7.63. The van der Waals surface area contributed by atoms with Crippen molar-refractivity contribution in [3.05, 3.63) is 20.9 Å². The summed E-state index contributed by atoms with van der Waals surface area (Å²) in [5, 5.41) is 0. The molecule has 0 spiro atoms. The standard InChI is InChI=1S/C8H7F2IN2O2/c1-15-8(14)5-3(6(9)10)2-4(11)13-7(5)12/h2,6H,1H3,(H2,12,13). The molecule has 0 saturated carbocycles. The van der Waals surface area contributed by atoms with Crippen LogP contribution < -0.4 is 5.73 Å². The Hall–Kier alpha value is -0.990. The predicted molar refractivity (Wildman–Crippen MR) is 57.7 cm³/mol. The summed E-state index contributed by atoms with van der Waals surface area (Å²) in [5.74, 6) is -1.16. The molecule has 1 aromatic rings. The summed E-state index contributed by atoms with van der Waals surface area (Å²) in [4.78, 5) is 14.9. The van der Waals surface area contributed by atoms with Gasteiger partial charge in [-0.15, -0.1) is 0 Å². The first-order valence-corrected chi connectivity index (χ1v) is 4.87. The molecule has 15 heavy (non-hydrogen) atoms. The Balaban J connectivity index is 3.40. The molecule has 0 bridgehead atoms. The van der Waals surface area contributed by atoms with Crippen LogP contribution in [0.2, 0.25) is 0 Å². The fraction of sp³-hybridized carbons (Fsp3) is 0.250. The van der Waals surface area contributed by atoms with Crippen molar-refractivity contribution in [1.29, 1.82) is 0 Å².